The van der Waals surface area contributed by atoms with Gasteiger partial charge in [0.15, 0.2) is 0 Å². The summed E-state index contributed by atoms with van der Waals surface area (Å²) in [5, 5.41) is 13.1. The van der Waals surface area contributed by atoms with Crippen molar-refractivity contribution < 1.29 is 14.7 Å². The third-order valence-corrected chi connectivity index (χ3v) is 6.32. The number of aromatic nitrogens is 1. The van der Waals surface area contributed by atoms with Gasteiger partial charge in [-0.1, -0.05) is 60.1 Å². The Kier molecular flexibility index (Phi) is 4.91. The molecule has 1 amide bonds. The number of amides is 1. The van der Waals surface area contributed by atoms with Crippen LogP contribution in [0.15, 0.2) is 60.7 Å². The minimum absolute atomic E-state index is 0.0788. The molecule has 0 fully saturated rings. The van der Waals surface area contributed by atoms with Crippen LogP contribution in [0.5, 0.6) is 0 Å². The highest BCUT2D eigenvalue weighted by atomic mass is 35.5. The van der Waals surface area contributed by atoms with Crippen molar-refractivity contribution in [2.24, 2.45) is 0 Å². The van der Waals surface area contributed by atoms with Gasteiger partial charge in [-0.2, -0.15) is 0 Å². The van der Waals surface area contributed by atoms with E-state index in [-0.39, 0.29) is 12.5 Å². The van der Waals surface area contributed by atoms with Crippen molar-refractivity contribution in [1.82, 2.24) is 9.47 Å². The van der Waals surface area contributed by atoms with E-state index in [0.29, 0.717) is 31.0 Å². The van der Waals surface area contributed by atoms with Crippen LogP contribution >= 0.6 is 11.6 Å². The van der Waals surface area contributed by atoms with Gasteiger partial charge >= 0.3 is 5.97 Å². The number of halogens is 1. The van der Waals surface area contributed by atoms with Gasteiger partial charge in [0, 0.05) is 41.2 Å². The van der Waals surface area contributed by atoms with E-state index in [9.17, 15) is 14.7 Å². The van der Waals surface area contributed by atoms with Crippen molar-refractivity contribution in [3.05, 3.63) is 82.5 Å². The van der Waals surface area contributed by atoms with Crippen LogP contribution in [0.1, 0.15) is 16.8 Å². The van der Waals surface area contributed by atoms with Gasteiger partial charge in [0.25, 0.3) is 0 Å². The molecule has 0 aliphatic carbocycles. The first-order chi connectivity index (χ1) is 15.0. The number of aliphatic carboxylic acids is 1. The summed E-state index contributed by atoms with van der Waals surface area (Å²) >= 11 is 6.18. The standard InChI is InChI=1S/C25H21ClN2O3/c26-18-8-9-20-21-14-27(11-10-22(21)28(15-25(30)31)23(20)13-18)24(29)12-17-6-3-5-16-4-1-2-7-19(16)17/h1-9,13H,10-12,14-15H2,(H,30,31). The maximum atomic E-state index is 13.2. The van der Waals surface area contributed by atoms with E-state index in [1.165, 1.54) is 0 Å². The second kappa shape index (κ2) is 7.75. The maximum absolute atomic E-state index is 13.2. The molecule has 31 heavy (non-hydrogen) atoms. The number of carboxylic acids is 1. The summed E-state index contributed by atoms with van der Waals surface area (Å²) in [5.74, 6) is -0.816. The highest BCUT2D eigenvalue weighted by molar-refractivity contribution is 6.31. The minimum atomic E-state index is -0.894. The maximum Gasteiger partial charge on any atom is 0.323 e. The van der Waals surface area contributed by atoms with E-state index in [1.807, 2.05) is 45.9 Å². The van der Waals surface area contributed by atoms with Crippen LogP contribution < -0.4 is 0 Å². The van der Waals surface area contributed by atoms with Crippen molar-refractivity contribution in [1.29, 1.82) is 0 Å². The topological polar surface area (TPSA) is 62.5 Å². The van der Waals surface area contributed by atoms with E-state index in [0.717, 1.165) is 38.5 Å². The molecule has 2 heterocycles. The van der Waals surface area contributed by atoms with Gasteiger partial charge in [-0.25, -0.2) is 0 Å². The molecule has 0 saturated heterocycles. The molecular formula is C25H21ClN2O3. The second-order valence-corrected chi connectivity index (χ2v) is 8.38. The molecule has 0 radical (unpaired) electrons. The monoisotopic (exact) mass is 432 g/mol. The number of rotatable bonds is 4. The molecule has 0 atom stereocenters. The summed E-state index contributed by atoms with van der Waals surface area (Å²) in [4.78, 5) is 26.5. The molecule has 156 valence electrons. The van der Waals surface area contributed by atoms with Crippen LogP contribution in [-0.4, -0.2) is 33.0 Å². The average Bonchev–Trinajstić information content (AvgIpc) is 3.05. The summed E-state index contributed by atoms with van der Waals surface area (Å²) in [7, 11) is 0. The van der Waals surface area contributed by atoms with E-state index in [2.05, 4.69) is 18.2 Å². The lowest BCUT2D eigenvalue weighted by Crippen LogP contribution is -2.37. The Labute approximate surface area is 184 Å². The van der Waals surface area contributed by atoms with Crippen molar-refractivity contribution in [2.75, 3.05) is 6.54 Å². The fourth-order valence-electron chi connectivity index (χ4n) is 4.67. The van der Waals surface area contributed by atoms with Crippen LogP contribution in [0.2, 0.25) is 5.02 Å². The Morgan fingerprint density at radius 3 is 2.65 bits per heavy atom. The van der Waals surface area contributed by atoms with E-state index in [1.54, 1.807) is 6.07 Å². The van der Waals surface area contributed by atoms with E-state index >= 15 is 0 Å². The summed E-state index contributed by atoms with van der Waals surface area (Å²) in [6, 6.07) is 19.7. The lowest BCUT2D eigenvalue weighted by Gasteiger charge is -2.28. The molecule has 1 aliphatic heterocycles. The number of hydrogen-bond donors (Lipinski definition) is 1. The number of carboxylic acid groups (broad SMARTS) is 1. The number of carbonyl (C=O) groups is 2. The fraction of sp³-hybridized carbons (Fsp3) is 0.200. The van der Waals surface area contributed by atoms with Crippen molar-refractivity contribution in [3.8, 4) is 0 Å². The third kappa shape index (κ3) is 3.55. The molecule has 0 saturated carbocycles. The zero-order valence-electron chi connectivity index (χ0n) is 16.8. The van der Waals surface area contributed by atoms with Gasteiger partial charge < -0.3 is 14.6 Å². The Morgan fingerprint density at radius 2 is 1.81 bits per heavy atom. The van der Waals surface area contributed by atoms with Gasteiger partial charge in [0.1, 0.15) is 6.54 Å². The fourth-order valence-corrected chi connectivity index (χ4v) is 4.84. The first kappa shape index (κ1) is 19.6. The first-order valence-electron chi connectivity index (χ1n) is 10.3. The number of benzene rings is 3. The predicted octanol–water partition coefficient (Wildman–Crippen LogP) is 4.66. The summed E-state index contributed by atoms with van der Waals surface area (Å²) < 4.78 is 1.82. The SMILES string of the molecule is O=C(O)Cn1c2c(c3ccc(Cl)cc31)CN(C(=O)Cc1cccc3ccccc13)CC2. The Hall–Kier alpha value is -3.31. The summed E-state index contributed by atoms with van der Waals surface area (Å²) in [5.41, 5.74) is 3.83. The van der Waals surface area contributed by atoms with E-state index in [4.69, 9.17) is 11.6 Å². The van der Waals surface area contributed by atoms with Crippen molar-refractivity contribution >= 4 is 45.2 Å². The third-order valence-electron chi connectivity index (χ3n) is 6.09. The van der Waals surface area contributed by atoms with Gasteiger partial charge in [-0.05, 0) is 28.5 Å². The normalized spacial score (nSPS) is 13.5. The lowest BCUT2D eigenvalue weighted by molar-refractivity contribution is -0.137. The Morgan fingerprint density at radius 1 is 1.00 bits per heavy atom. The Bertz CT molecular complexity index is 1340. The predicted molar refractivity (Wildman–Crippen MR) is 121 cm³/mol. The zero-order chi connectivity index (χ0) is 21.5. The van der Waals surface area contributed by atoms with E-state index < -0.39 is 5.97 Å². The molecule has 1 N–H and O–H groups in total. The van der Waals surface area contributed by atoms with Crippen LogP contribution in [0.4, 0.5) is 0 Å². The summed E-state index contributed by atoms with van der Waals surface area (Å²) in [6.07, 6.45) is 0.965. The molecule has 5 nitrogen and oxygen atoms in total. The smallest absolute Gasteiger partial charge is 0.323 e. The van der Waals surface area contributed by atoms with Crippen molar-refractivity contribution in [2.45, 2.75) is 25.9 Å². The van der Waals surface area contributed by atoms with Gasteiger partial charge in [-0.15, -0.1) is 0 Å². The highest BCUT2D eigenvalue weighted by Crippen LogP contribution is 2.33. The minimum Gasteiger partial charge on any atom is -0.480 e. The highest BCUT2D eigenvalue weighted by Gasteiger charge is 2.27. The first-order valence-corrected chi connectivity index (χ1v) is 10.6. The van der Waals surface area contributed by atoms with Gasteiger partial charge in [0.2, 0.25) is 5.91 Å². The zero-order valence-corrected chi connectivity index (χ0v) is 17.6. The van der Waals surface area contributed by atoms with Gasteiger partial charge in [0.05, 0.1) is 11.9 Å². The average molecular weight is 433 g/mol. The van der Waals surface area contributed by atoms with Crippen LogP contribution in [-0.2, 0) is 35.5 Å². The molecule has 6 heteroatoms. The number of nitrogens with zero attached hydrogens (tertiary/aromatic N) is 2. The Balaban J connectivity index is 1.47. The molecule has 0 unspecified atom stereocenters. The molecular weight excluding hydrogens is 412 g/mol. The lowest BCUT2D eigenvalue weighted by atomic mass is 10.00. The number of hydrogen-bond acceptors (Lipinski definition) is 2. The second-order valence-electron chi connectivity index (χ2n) is 7.95. The molecule has 5 rings (SSSR count). The molecule has 0 spiro atoms. The number of carbonyl (C=O) groups excluding carboxylic acids is 1. The van der Waals surface area contributed by atoms with Crippen molar-refractivity contribution in [3.63, 3.8) is 0 Å². The molecule has 3 aromatic carbocycles. The molecule has 0 bridgehead atoms. The quantitative estimate of drug-likeness (QED) is 0.510. The molecule has 4 aromatic rings. The number of fused-ring (bicyclic) bond motifs is 4. The van der Waals surface area contributed by atoms with Gasteiger partial charge in [-0.3, -0.25) is 9.59 Å². The van der Waals surface area contributed by atoms with Crippen LogP contribution in [0.25, 0.3) is 21.7 Å². The molecule has 1 aromatic heterocycles. The van der Waals surface area contributed by atoms with Crippen LogP contribution in [0, 0.1) is 0 Å². The largest absolute Gasteiger partial charge is 0.480 e. The van der Waals surface area contributed by atoms with Crippen LogP contribution in [0.3, 0.4) is 0 Å². The molecule has 1 aliphatic rings. The summed E-state index contributed by atoms with van der Waals surface area (Å²) in [6.45, 7) is 0.931.